The Hall–Kier alpha value is -3.71. The van der Waals surface area contributed by atoms with Gasteiger partial charge >= 0.3 is 6.18 Å². The zero-order chi connectivity index (χ0) is 28.1. The molecule has 1 aliphatic rings. The van der Waals surface area contributed by atoms with Crippen molar-refractivity contribution in [3.63, 3.8) is 0 Å². The van der Waals surface area contributed by atoms with Crippen molar-refractivity contribution in [1.82, 2.24) is 15.1 Å². The predicted octanol–water partition coefficient (Wildman–Crippen LogP) is 4.86. The van der Waals surface area contributed by atoms with Gasteiger partial charge in [-0.1, -0.05) is 35.3 Å². The second kappa shape index (κ2) is 9.79. The molecule has 3 aromatic carbocycles. The highest BCUT2D eigenvalue weighted by atomic mass is 35.5. The number of nitrogens with one attached hydrogen (secondary N) is 1. The fraction of sp³-hybridized carbons (Fsp3) is 0.115. The molecule has 7 nitrogen and oxygen atoms in total. The van der Waals surface area contributed by atoms with E-state index in [1.807, 2.05) is 0 Å². The average Bonchev–Trinajstić information content (AvgIpc) is 3.52. The number of nitrogens with two attached hydrogens (primary N) is 1. The van der Waals surface area contributed by atoms with Crippen LogP contribution in [0.2, 0.25) is 5.02 Å². The normalized spacial score (nSPS) is 14.1. The first-order valence-corrected chi connectivity index (χ1v) is 13.7. The van der Waals surface area contributed by atoms with Crippen LogP contribution in [0.15, 0.2) is 78.0 Å². The van der Waals surface area contributed by atoms with Crippen LogP contribution in [-0.4, -0.2) is 24.2 Å². The first-order chi connectivity index (χ1) is 18.3. The van der Waals surface area contributed by atoms with Crippen molar-refractivity contribution in [3.8, 4) is 16.8 Å². The minimum atomic E-state index is -4.64. The number of aryl methyl sites for hydroxylation is 1. The number of quaternary nitrogens is 1. The maximum absolute atomic E-state index is 13.9. The molecule has 1 aromatic heterocycles. The van der Waals surface area contributed by atoms with E-state index in [1.54, 1.807) is 47.0 Å². The summed E-state index contributed by atoms with van der Waals surface area (Å²) in [6.07, 6.45) is -0.907. The van der Waals surface area contributed by atoms with Gasteiger partial charge in [-0.05, 0) is 60.5 Å². The van der Waals surface area contributed by atoms with Crippen LogP contribution in [0.25, 0.3) is 22.5 Å². The molecule has 0 saturated carbocycles. The molecule has 0 saturated heterocycles. The standard InChI is InChI=1S/C26H20ClF4N5O2S/c1-15-33-25(26(29,30)31)14-35(15)22-9-7-17(16-4-3-5-19(10-16)39(2,37)38)12-23(22)36-24(13-32-34-36)18-6-8-21(28)20(27)11-18/h3-14,32,34H,1-2H3/p+1. The van der Waals surface area contributed by atoms with Gasteiger partial charge in [-0.2, -0.15) is 13.2 Å². The van der Waals surface area contributed by atoms with Gasteiger partial charge in [0, 0.05) is 18.0 Å². The minimum absolute atomic E-state index is 0.0907. The number of nitrogens with zero attached hydrogens (tertiary/aromatic N) is 3. The van der Waals surface area contributed by atoms with Crippen molar-refractivity contribution >= 4 is 32.8 Å². The lowest BCUT2D eigenvalue weighted by Gasteiger charge is -2.24. The molecule has 0 unspecified atom stereocenters. The van der Waals surface area contributed by atoms with Crippen LogP contribution in [0.4, 0.5) is 23.2 Å². The monoisotopic (exact) mass is 578 g/mol. The fourth-order valence-electron chi connectivity index (χ4n) is 4.26. The molecule has 0 aliphatic carbocycles. The van der Waals surface area contributed by atoms with Crippen LogP contribution in [0.5, 0.6) is 0 Å². The topological polar surface area (TPSA) is 83.8 Å². The summed E-state index contributed by atoms with van der Waals surface area (Å²) in [4.78, 5) is 3.82. The largest absolute Gasteiger partial charge is 0.434 e. The molecule has 0 radical (unpaired) electrons. The van der Waals surface area contributed by atoms with E-state index >= 15 is 0 Å². The highest BCUT2D eigenvalue weighted by Crippen LogP contribution is 2.37. The summed E-state index contributed by atoms with van der Waals surface area (Å²) >= 11 is 6.02. The summed E-state index contributed by atoms with van der Waals surface area (Å²) in [6, 6.07) is 15.6. The number of rotatable bonds is 5. The molecule has 3 N–H and O–H groups in total. The molecule has 0 atom stereocenters. The van der Waals surface area contributed by atoms with Gasteiger partial charge in [-0.15, -0.1) is 0 Å². The highest BCUT2D eigenvalue weighted by molar-refractivity contribution is 7.90. The molecule has 202 valence electrons. The number of hydrogen-bond acceptors (Lipinski definition) is 5. The molecule has 13 heteroatoms. The van der Waals surface area contributed by atoms with Gasteiger partial charge in [0.05, 0.1) is 21.3 Å². The van der Waals surface area contributed by atoms with E-state index in [0.29, 0.717) is 33.8 Å². The van der Waals surface area contributed by atoms with Crippen LogP contribution in [0.3, 0.4) is 0 Å². The van der Waals surface area contributed by atoms with E-state index in [9.17, 15) is 26.0 Å². The molecule has 0 bridgehead atoms. The van der Waals surface area contributed by atoms with E-state index < -0.39 is 27.5 Å². The van der Waals surface area contributed by atoms with Crippen molar-refractivity contribution in [2.75, 3.05) is 11.3 Å². The predicted molar refractivity (Wildman–Crippen MR) is 139 cm³/mol. The van der Waals surface area contributed by atoms with Crippen LogP contribution in [0, 0.1) is 12.7 Å². The Morgan fingerprint density at radius 1 is 0.974 bits per heavy atom. The van der Waals surface area contributed by atoms with Crippen molar-refractivity contribution in [1.29, 1.82) is 0 Å². The summed E-state index contributed by atoms with van der Waals surface area (Å²) in [7, 11) is -3.48. The van der Waals surface area contributed by atoms with Crippen molar-refractivity contribution in [2.45, 2.75) is 18.0 Å². The second-order valence-corrected chi connectivity index (χ2v) is 11.3. The van der Waals surface area contributed by atoms with Crippen molar-refractivity contribution in [2.24, 2.45) is 0 Å². The minimum Gasteiger partial charge on any atom is -0.301 e. The molecule has 5 rings (SSSR count). The molecular weight excluding hydrogens is 558 g/mol. The van der Waals surface area contributed by atoms with E-state index in [-0.39, 0.29) is 15.7 Å². The number of sulfone groups is 1. The summed E-state index contributed by atoms with van der Waals surface area (Å²) in [5.41, 5.74) is 6.72. The van der Waals surface area contributed by atoms with E-state index in [4.69, 9.17) is 11.6 Å². The number of anilines is 1. The third-order valence-electron chi connectivity index (χ3n) is 6.15. The molecule has 39 heavy (non-hydrogen) atoms. The molecular formula is C26H21ClF4N5O2S+. The lowest BCUT2D eigenvalue weighted by Crippen LogP contribution is -2.87. The maximum atomic E-state index is 13.9. The van der Waals surface area contributed by atoms with Gasteiger partial charge in [0.25, 0.3) is 0 Å². The Morgan fingerprint density at radius 3 is 2.36 bits per heavy atom. The zero-order valence-electron chi connectivity index (χ0n) is 20.5. The van der Waals surface area contributed by atoms with Crippen LogP contribution >= 0.6 is 11.6 Å². The third kappa shape index (κ3) is 5.28. The summed E-state index contributed by atoms with van der Waals surface area (Å²) < 4.78 is 79.9. The average molecular weight is 579 g/mol. The van der Waals surface area contributed by atoms with Crippen LogP contribution < -0.4 is 16.0 Å². The Balaban J connectivity index is 1.70. The molecule has 2 heterocycles. The molecule has 4 aromatic rings. The quantitative estimate of drug-likeness (QED) is 0.261. The molecule has 0 fully saturated rings. The number of aromatic nitrogens is 2. The lowest BCUT2D eigenvalue weighted by atomic mass is 10.0. The Bertz CT molecular complexity index is 1730. The number of halogens is 5. The molecule has 0 spiro atoms. The van der Waals surface area contributed by atoms with Gasteiger partial charge in [0.2, 0.25) is 0 Å². The number of hydrazine groups is 1. The van der Waals surface area contributed by atoms with Crippen molar-refractivity contribution in [3.05, 3.63) is 101 Å². The molecule has 0 amide bonds. The first kappa shape index (κ1) is 26.9. The van der Waals surface area contributed by atoms with Gasteiger partial charge in [0.1, 0.15) is 23.5 Å². The summed E-state index contributed by atoms with van der Waals surface area (Å²) in [5, 5.41) is 1.53. The number of benzene rings is 3. The zero-order valence-corrected chi connectivity index (χ0v) is 22.0. The van der Waals surface area contributed by atoms with Gasteiger partial charge in [-0.3, -0.25) is 0 Å². The van der Waals surface area contributed by atoms with E-state index in [2.05, 4.69) is 10.5 Å². The smallest absolute Gasteiger partial charge is 0.301 e. The third-order valence-corrected chi connectivity index (χ3v) is 7.55. The fourth-order valence-corrected chi connectivity index (χ4v) is 5.11. The van der Waals surface area contributed by atoms with Crippen molar-refractivity contribution < 1.29 is 31.4 Å². The highest BCUT2D eigenvalue weighted by Gasteiger charge is 2.35. The van der Waals surface area contributed by atoms with Gasteiger partial charge < -0.3 is 4.57 Å². The lowest BCUT2D eigenvalue weighted by molar-refractivity contribution is -0.640. The number of alkyl halides is 3. The number of hydrogen-bond donors (Lipinski definition) is 2. The Morgan fingerprint density at radius 2 is 1.69 bits per heavy atom. The Kier molecular flexibility index (Phi) is 6.75. The van der Waals surface area contributed by atoms with E-state index in [1.165, 1.54) is 41.8 Å². The first-order valence-electron chi connectivity index (χ1n) is 11.5. The Labute approximate surface area is 226 Å². The molecule has 1 aliphatic heterocycles. The summed E-state index contributed by atoms with van der Waals surface area (Å²) in [5.74, 6) is -0.487. The number of imidazole rings is 1. The SMILES string of the molecule is Cc1nc(C(F)(F)F)cn1-c1ccc(-c2cccc(S(C)(=O)=O)c2)cc1N1N[NH2+]C=C1c1ccc(F)c(Cl)c1. The van der Waals surface area contributed by atoms with Gasteiger partial charge in [0.15, 0.2) is 15.5 Å². The van der Waals surface area contributed by atoms with Crippen LogP contribution in [0.1, 0.15) is 17.1 Å². The van der Waals surface area contributed by atoms with Gasteiger partial charge in [-0.25, -0.2) is 28.2 Å². The summed E-state index contributed by atoms with van der Waals surface area (Å²) in [6.45, 7) is 1.46. The second-order valence-electron chi connectivity index (χ2n) is 8.86. The van der Waals surface area contributed by atoms with Crippen LogP contribution in [-0.2, 0) is 16.0 Å². The maximum Gasteiger partial charge on any atom is 0.434 e. The van der Waals surface area contributed by atoms with E-state index in [0.717, 1.165) is 12.5 Å².